The fourth-order valence-electron chi connectivity index (χ4n) is 3.04. The van der Waals surface area contributed by atoms with Crippen molar-refractivity contribution in [3.8, 4) is 0 Å². The van der Waals surface area contributed by atoms with Gasteiger partial charge in [0, 0.05) is 17.6 Å². The number of benzene rings is 2. The van der Waals surface area contributed by atoms with Crippen molar-refractivity contribution in [3.63, 3.8) is 0 Å². The summed E-state index contributed by atoms with van der Waals surface area (Å²) in [5.74, 6) is -0.848. The molecule has 30 heavy (non-hydrogen) atoms. The van der Waals surface area contributed by atoms with Gasteiger partial charge in [-0.2, -0.15) is 13.2 Å². The van der Waals surface area contributed by atoms with Crippen LogP contribution in [0.25, 0.3) is 11.0 Å². The summed E-state index contributed by atoms with van der Waals surface area (Å²) in [6, 6.07) is 9.92. The Balaban J connectivity index is 1.82. The Morgan fingerprint density at radius 2 is 1.90 bits per heavy atom. The van der Waals surface area contributed by atoms with E-state index in [0.717, 1.165) is 18.2 Å². The number of nitrogens with one attached hydrogen (secondary N) is 1. The third kappa shape index (κ3) is 4.83. The summed E-state index contributed by atoms with van der Waals surface area (Å²) < 4.78 is 44.6. The molecular weight excluding hydrogens is 421 g/mol. The number of carbonyl (C=O) groups excluding carboxylic acids is 1. The average Bonchev–Trinajstić information content (AvgIpc) is 2.67. The number of hydrogen-bond acceptors (Lipinski definition) is 4. The highest BCUT2D eigenvalue weighted by Crippen LogP contribution is 2.31. The highest BCUT2D eigenvalue weighted by Gasteiger charge is 2.31. The third-order valence-electron chi connectivity index (χ3n) is 4.59. The van der Waals surface area contributed by atoms with Crippen molar-refractivity contribution >= 4 is 28.5 Å². The molecule has 0 fully saturated rings. The Morgan fingerprint density at radius 3 is 2.57 bits per heavy atom. The molecule has 0 aliphatic rings. The van der Waals surface area contributed by atoms with E-state index in [1.165, 1.54) is 24.3 Å². The Bertz CT molecular complexity index is 1140. The van der Waals surface area contributed by atoms with Gasteiger partial charge in [0.25, 0.3) is 5.91 Å². The molecule has 2 aromatic carbocycles. The molecule has 1 amide bonds. The van der Waals surface area contributed by atoms with Crippen molar-refractivity contribution in [1.82, 2.24) is 10.2 Å². The summed E-state index contributed by atoms with van der Waals surface area (Å²) in [7, 11) is 3.38. The Hall–Kier alpha value is -2.84. The van der Waals surface area contributed by atoms with Crippen LogP contribution in [0.4, 0.5) is 13.2 Å². The van der Waals surface area contributed by atoms with Gasteiger partial charge in [0.2, 0.25) is 0 Å². The van der Waals surface area contributed by atoms with Gasteiger partial charge < -0.3 is 14.6 Å². The first-order valence-corrected chi connectivity index (χ1v) is 9.29. The number of alkyl halides is 3. The predicted molar refractivity (Wildman–Crippen MR) is 108 cm³/mol. The van der Waals surface area contributed by atoms with Gasteiger partial charge in [-0.15, -0.1) is 0 Å². The van der Waals surface area contributed by atoms with Gasteiger partial charge in [-0.05, 0) is 50.0 Å². The van der Waals surface area contributed by atoms with E-state index in [9.17, 15) is 22.8 Å². The third-order valence-corrected chi connectivity index (χ3v) is 4.83. The van der Waals surface area contributed by atoms with Gasteiger partial charge in [0.1, 0.15) is 5.58 Å². The minimum atomic E-state index is -4.46. The molecule has 0 aliphatic carbocycles. The molecule has 0 aliphatic heterocycles. The van der Waals surface area contributed by atoms with Gasteiger partial charge in [0.05, 0.1) is 17.0 Å². The maximum atomic E-state index is 13.0. The van der Waals surface area contributed by atoms with Crippen LogP contribution >= 0.6 is 11.6 Å². The second kappa shape index (κ2) is 8.49. The van der Waals surface area contributed by atoms with Crippen molar-refractivity contribution in [3.05, 3.63) is 80.7 Å². The fourth-order valence-corrected chi connectivity index (χ4v) is 3.21. The van der Waals surface area contributed by atoms with Crippen LogP contribution in [0.3, 0.4) is 0 Å². The van der Waals surface area contributed by atoms with Crippen molar-refractivity contribution in [2.75, 3.05) is 20.6 Å². The first-order chi connectivity index (χ1) is 14.1. The zero-order valence-corrected chi connectivity index (χ0v) is 16.8. The summed E-state index contributed by atoms with van der Waals surface area (Å²) in [5.41, 5.74) is -0.591. The average molecular weight is 439 g/mol. The molecular formula is C21H18ClF3N2O3. The molecule has 1 heterocycles. The van der Waals surface area contributed by atoms with E-state index in [1.807, 2.05) is 0 Å². The quantitative estimate of drug-likeness (QED) is 0.637. The van der Waals surface area contributed by atoms with Crippen LogP contribution < -0.4 is 10.7 Å². The van der Waals surface area contributed by atoms with E-state index in [4.69, 9.17) is 16.0 Å². The first kappa shape index (κ1) is 21.9. The maximum absolute atomic E-state index is 13.0. The van der Waals surface area contributed by atoms with Crippen LogP contribution in [0.15, 0.2) is 57.7 Å². The number of rotatable bonds is 5. The summed E-state index contributed by atoms with van der Waals surface area (Å²) in [4.78, 5) is 26.5. The smallest absolute Gasteiger partial charge is 0.416 e. The molecule has 0 saturated heterocycles. The number of halogens is 4. The summed E-state index contributed by atoms with van der Waals surface area (Å²) in [6.07, 6.45) is -4.46. The van der Waals surface area contributed by atoms with Crippen LogP contribution in [-0.2, 0) is 6.18 Å². The topological polar surface area (TPSA) is 62.6 Å². The van der Waals surface area contributed by atoms with Gasteiger partial charge in [0.15, 0.2) is 11.2 Å². The fraction of sp³-hybridized carbons (Fsp3) is 0.238. The molecule has 1 atom stereocenters. The second-order valence-corrected chi connectivity index (χ2v) is 7.36. The predicted octanol–water partition coefficient (Wildman–Crippen LogP) is 4.50. The van der Waals surface area contributed by atoms with Crippen LogP contribution in [-0.4, -0.2) is 31.4 Å². The largest absolute Gasteiger partial charge is 0.451 e. The summed E-state index contributed by atoms with van der Waals surface area (Å²) in [6.45, 7) is 0.00943. The van der Waals surface area contributed by atoms with Crippen molar-refractivity contribution in [2.45, 2.75) is 12.2 Å². The van der Waals surface area contributed by atoms with E-state index >= 15 is 0 Å². The number of amides is 1. The molecule has 5 nitrogen and oxygen atoms in total. The lowest BCUT2D eigenvalue weighted by molar-refractivity contribution is -0.137. The molecule has 3 rings (SSSR count). The van der Waals surface area contributed by atoms with Crippen LogP contribution in [0.1, 0.15) is 27.7 Å². The summed E-state index contributed by atoms with van der Waals surface area (Å²) in [5, 5.41) is 3.23. The van der Waals surface area contributed by atoms with E-state index in [2.05, 4.69) is 5.32 Å². The van der Waals surface area contributed by atoms with Crippen LogP contribution in [0.2, 0.25) is 5.02 Å². The summed E-state index contributed by atoms with van der Waals surface area (Å²) >= 11 is 5.87. The molecule has 1 N–H and O–H groups in total. The standard InChI is InChI=1S/C21H18ClF3N2O3/c1-27(2)16(12-4-3-5-13(8-12)21(23,24)25)11-26-20(29)19-10-17(28)15-9-14(22)6-7-18(15)30-19/h3-10,16H,11H2,1-2H3,(H,26,29)/t16-/m0/s1. The molecule has 1 aromatic heterocycles. The van der Waals surface area contributed by atoms with Gasteiger partial charge >= 0.3 is 6.18 Å². The van der Waals surface area contributed by atoms with E-state index in [1.54, 1.807) is 25.1 Å². The van der Waals surface area contributed by atoms with E-state index in [-0.39, 0.29) is 23.3 Å². The Morgan fingerprint density at radius 1 is 1.17 bits per heavy atom. The highest BCUT2D eigenvalue weighted by molar-refractivity contribution is 6.31. The van der Waals surface area contributed by atoms with E-state index in [0.29, 0.717) is 10.6 Å². The molecule has 3 aromatic rings. The van der Waals surface area contributed by atoms with Crippen molar-refractivity contribution in [1.29, 1.82) is 0 Å². The normalized spacial score (nSPS) is 12.9. The molecule has 158 valence electrons. The van der Waals surface area contributed by atoms with Crippen LogP contribution in [0.5, 0.6) is 0 Å². The van der Waals surface area contributed by atoms with Crippen molar-refractivity contribution < 1.29 is 22.4 Å². The second-order valence-electron chi connectivity index (χ2n) is 6.93. The Kier molecular flexibility index (Phi) is 6.19. The molecule has 0 unspecified atom stereocenters. The minimum Gasteiger partial charge on any atom is -0.451 e. The first-order valence-electron chi connectivity index (χ1n) is 8.91. The molecule has 0 spiro atoms. The molecule has 0 bridgehead atoms. The number of nitrogens with zero attached hydrogens (tertiary/aromatic N) is 1. The zero-order valence-electron chi connectivity index (χ0n) is 16.1. The number of hydrogen-bond donors (Lipinski definition) is 1. The maximum Gasteiger partial charge on any atom is 0.416 e. The molecule has 9 heteroatoms. The SMILES string of the molecule is CN(C)[C@@H](CNC(=O)c1cc(=O)c2cc(Cl)ccc2o1)c1cccc(C(F)(F)F)c1. The van der Waals surface area contributed by atoms with Crippen LogP contribution in [0, 0.1) is 0 Å². The molecule has 0 radical (unpaired) electrons. The van der Waals surface area contributed by atoms with Gasteiger partial charge in [-0.1, -0.05) is 23.7 Å². The van der Waals surface area contributed by atoms with E-state index < -0.39 is 29.1 Å². The van der Waals surface area contributed by atoms with Gasteiger partial charge in [-0.3, -0.25) is 9.59 Å². The Labute approximate surface area is 175 Å². The number of carbonyl (C=O) groups is 1. The lowest BCUT2D eigenvalue weighted by Crippen LogP contribution is -2.35. The molecule has 0 saturated carbocycles. The van der Waals surface area contributed by atoms with Gasteiger partial charge in [-0.25, -0.2) is 0 Å². The minimum absolute atomic E-state index is 0.00943. The zero-order chi connectivity index (χ0) is 22.1. The lowest BCUT2D eigenvalue weighted by Gasteiger charge is -2.25. The number of fused-ring (bicyclic) bond motifs is 1. The number of likely N-dealkylation sites (N-methyl/N-ethyl adjacent to an activating group) is 1. The lowest BCUT2D eigenvalue weighted by atomic mass is 10.0. The highest BCUT2D eigenvalue weighted by atomic mass is 35.5. The van der Waals surface area contributed by atoms with Crippen molar-refractivity contribution in [2.24, 2.45) is 0 Å². The monoisotopic (exact) mass is 438 g/mol.